The molecule has 0 spiro atoms. The van der Waals surface area contributed by atoms with Crippen molar-refractivity contribution in [3.8, 4) is 0 Å². The lowest BCUT2D eigenvalue weighted by molar-refractivity contribution is -0.144. The highest BCUT2D eigenvalue weighted by Gasteiger charge is 2.35. The number of anilines is 2. The van der Waals surface area contributed by atoms with E-state index in [4.69, 9.17) is 0 Å². The normalized spacial score (nSPS) is 11.5. The van der Waals surface area contributed by atoms with Gasteiger partial charge in [-0.2, -0.15) is 18.2 Å². The van der Waals surface area contributed by atoms with Gasteiger partial charge in [0.05, 0.1) is 0 Å². The standard InChI is InChI=1S/C14H12F3N5O2/c1-8(23)18-10-5-2-9(3-6-10)4-7-11(24)19-13-20-12(21-22-13)14(15,16)17/h2-7H,1H3,(H,18,23)(H2,19,20,21,22,24)/b7-4-. The summed E-state index contributed by atoms with van der Waals surface area (Å²) in [5.74, 6) is -2.66. The molecule has 2 amide bonds. The third kappa shape index (κ3) is 4.93. The zero-order valence-electron chi connectivity index (χ0n) is 12.3. The van der Waals surface area contributed by atoms with Crippen LogP contribution in [0.2, 0.25) is 0 Å². The maximum atomic E-state index is 12.3. The highest BCUT2D eigenvalue weighted by molar-refractivity contribution is 6.00. The van der Waals surface area contributed by atoms with E-state index in [1.165, 1.54) is 13.0 Å². The van der Waals surface area contributed by atoms with Crippen LogP contribution in [0.4, 0.5) is 24.8 Å². The zero-order chi connectivity index (χ0) is 17.7. The number of rotatable bonds is 4. The number of H-pyrrole nitrogens is 1. The van der Waals surface area contributed by atoms with Crippen molar-refractivity contribution in [2.45, 2.75) is 13.1 Å². The van der Waals surface area contributed by atoms with Crippen molar-refractivity contribution in [1.29, 1.82) is 0 Å². The Balaban J connectivity index is 1.95. The molecule has 0 radical (unpaired) electrons. The van der Waals surface area contributed by atoms with Gasteiger partial charge < -0.3 is 5.32 Å². The summed E-state index contributed by atoms with van der Waals surface area (Å²) in [5.41, 5.74) is 1.26. The number of aromatic nitrogens is 3. The van der Waals surface area contributed by atoms with Gasteiger partial charge in [0, 0.05) is 18.7 Å². The first-order valence-corrected chi connectivity index (χ1v) is 6.60. The molecule has 0 saturated heterocycles. The maximum absolute atomic E-state index is 12.3. The molecule has 0 fully saturated rings. The first-order chi connectivity index (χ1) is 11.2. The molecule has 1 aromatic heterocycles. The predicted octanol–water partition coefficient (Wildman–Crippen LogP) is 2.43. The number of alkyl halides is 3. The molecule has 24 heavy (non-hydrogen) atoms. The van der Waals surface area contributed by atoms with Gasteiger partial charge in [0.2, 0.25) is 17.7 Å². The molecule has 0 aliphatic heterocycles. The van der Waals surface area contributed by atoms with Crippen molar-refractivity contribution in [2.75, 3.05) is 10.6 Å². The molecule has 2 rings (SSSR count). The highest BCUT2D eigenvalue weighted by Crippen LogP contribution is 2.26. The van der Waals surface area contributed by atoms with Crippen LogP contribution in [-0.2, 0) is 15.8 Å². The summed E-state index contributed by atoms with van der Waals surface area (Å²) in [5, 5.41) is 9.64. The molecule has 2 aromatic rings. The summed E-state index contributed by atoms with van der Waals surface area (Å²) < 4.78 is 37.0. The van der Waals surface area contributed by atoms with Crippen LogP contribution in [-0.4, -0.2) is 27.0 Å². The van der Waals surface area contributed by atoms with E-state index in [0.717, 1.165) is 6.08 Å². The van der Waals surface area contributed by atoms with Crippen LogP contribution in [0.15, 0.2) is 30.3 Å². The molecule has 1 heterocycles. The van der Waals surface area contributed by atoms with Crippen molar-refractivity contribution in [3.05, 3.63) is 41.7 Å². The van der Waals surface area contributed by atoms with Crippen LogP contribution in [0.1, 0.15) is 18.3 Å². The van der Waals surface area contributed by atoms with E-state index in [0.29, 0.717) is 11.3 Å². The number of carbonyl (C=O) groups is 2. The van der Waals surface area contributed by atoms with Gasteiger partial charge in [0.15, 0.2) is 0 Å². The van der Waals surface area contributed by atoms with Gasteiger partial charge in [-0.1, -0.05) is 12.1 Å². The second-order valence-corrected chi connectivity index (χ2v) is 4.63. The molecule has 0 unspecified atom stereocenters. The molecule has 0 saturated carbocycles. The van der Waals surface area contributed by atoms with Crippen molar-refractivity contribution >= 4 is 29.5 Å². The number of benzene rings is 1. The number of nitrogens with one attached hydrogen (secondary N) is 3. The van der Waals surface area contributed by atoms with Crippen molar-refractivity contribution in [1.82, 2.24) is 15.2 Å². The summed E-state index contributed by atoms with van der Waals surface area (Å²) in [6.45, 7) is 1.38. The number of hydrogen-bond donors (Lipinski definition) is 3. The minimum absolute atomic E-state index is 0.206. The van der Waals surface area contributed by atoms with Crippen LogP contribution in [0.3, 0.4) is 0 Å². The second kappa shape index (κ2) is 6.94. The highest BCUT2D eigenvalue weighted by atomic mass is 19.4. The molecule has 7 nitrogen and oxygen atoms in total. The lowest BCUT2D eigenvalue weighted by atomic mass is 10.2. The molecule has 1 aromatic carbocycles. The van der Waals surface area contributed by atoms with E-state index in [9.17, 15) is 22.8 Å². The van der Waals surface area contributed by atoms with E-state index in [1.807, 2.05) is 0 Å². The smallest absolute Gasteiger partial charge is 0.326 e. The SMILES string of the molecule is CC(=O)Nc1ccc(/C=C\C(=O)Nc2n[nH]c(C(F)(F)F)n2)cc1. The van der Waals surface area contributed by atoms with E-state index in [1.54, 1.807) is 29.4 Å². The summed E-state index contributed by atoms with van der Waals surface area (Å²) in [6, 6.07) is 6.60. The Labute approximate surface area is 134 Å². The Bertz CT molecular complexity index is 765. The quantitative estimate of drug-likeness (QED) is 0.745. The van der Waals surface area contributed by atoms with E-state index in [-0.39, 0.29) is 5.91 Å². The Kier molecular flexibility index (Phi) is 4.97. The Morgan fingerprint density at radius 1 is 1.17 bits per heavy atom. The average molecular weight is 339 g/mol. The Morgan fingerprint density at radius 3 is 2.38 bits per heavy atom. The van der Waals surface area contributed by atoms with Gasteiger partial charge in [-0.05, 0) is 23.8 Å². The van der Waals surface area contributed by atoms with Crippen molar-refractivity contribution in [2.24, 2.45) is 0 Å². The van der Waals surface area contributed by atoms with Crippen LogP contribution in [0, 0.1) is 0 Å². The second-order valence-electron chi connectivity index (χ2n) is 4.63. The van der Waals surface area contributed by atoms with Gasteiger partial charge in [-0.25, -0.2) is 0 Å². The Hall–Kier alpha value is -3.17. The van der Waals surface area contributed by atoms with Crippen molar-refractivity contribution < 1.29 is 22.8 Å². The van der Waals surface area contributed by atoms with Gasteiger partial charge in [-0.15, -0.1) is 5.10 Å². The minimum atomic E-state index is -4.67. The molecule has 0 aliphatic rings. The van der Waals surface area contributed by atoms with Crippen LogP contribution >= 0.6 is 0 Å². The molecular weight excluding hydrogens is 327 g/mol. The first kappa shape index (κ1) is 17.2. The average Bonchev–Trinajstić information content (AvgIpc) is 2.94. The first-order valence-electron chi connectivity index (χ1n) is 6.60. The topological polar surface area (TPSA) is 99.8 Å². The minimum Gasteiger partial charge on any atom is -0.326 e. The third-order valence-electron chi connectivity index (χ3n) is 2.65. The van der Waals surface area contributed by atoms with Gasteiger partial charge in [0.25, 0.3) is 5.91 Å². The summed E-state index contributed by atoms with van der Waals surface area (Å²) in [4.78, 5) is 25.6. The number of halogens is 3. The summed E-state index contributed by atoms with van der Waals surface area (Å²) >= 11 is 0. The van der Waals surface area contributed by atoms with Crippen LogP contribution in [0.25, 0.3) is 6.08 Å². The lowest BCUT2D eigenvalue weighted by Gasteiger charge is -2.01. The lowest BCUT2D eigenvalue weighted by Crippen LogP contribution is -2.10. The summed E-state index contributed by atoms with van der Waals surface area (Å²) in [6.07, 6.45) is -2.09. The molecular formula is C14H12F3N5O2. The zero-order valence-corrected chi connectivity index (χ0v) is 12.3. The monoisotopic (exact) mass is 339 g/mol. The van der Waals surface area contributed by atoms with E-state index in [2.05, 4.69) is 20.7 Å². The van der Waals surface area contributed by atoms with E-state index < -0.39 is 23.9 Å². The molecule has 0 atom stereocenters. The van der Waals surface area contributed by atoms with Gasteiger partial charge >= 0.3 is 6.18 Å². The number of nitrogens with zero attached hydrogens (tertiary/aromatic N) is 2. The fraction of sp³-hybridized carbons (Fsp3) is 0.143. The predicted molar refractivity (Wildman–Crippen MR) is 79.8 cm³/mol. The van der Waals surface area contributed by atoms with Crippen molar-refractivity contribution in [3.63, 3.8) is 0 Å². The molecule has 126 valence electrons. The largest absolute Gasteiger partial charge is 0.451 e. The number of hydrogen-bond acceptors (Lipinski definition) is 4. The van der Waals surface area contributed by atoms with Gasteiger partial charge in [0.1, 0.15) is 0 Å². The molecule has 10 heteroatoms. The molecule has 3 N–H and O–H groups in total. The van der Waals surface area contributed by atoms with Crippen LogP contribution < -0.4 is 10.6 Å². The molecule has 0 bridgehead atoms. The fourth-order valence-electron chi connectivity index (χ4n) is 1.65. The van der Waals surface area contributed by atoms with Gasteiger partial charge in [-0.3, -0.25) is 20.0 Å². The van der Waals surface area contributed by atoms with Crippen LogP contribution in [0.5, 0.6) is 0 Å². The third-order valence-corrected chi connectivity index (χ3v) is 2.65. The maximum Gasteiger partial charge on any atom is 0.451 e. The number of aromatic amines is 1. The summed E-state index contributed by atoms with van der Waals surface area (Å²) in [7, 11) is 0. The fourth-order valence-corrected chi connectivity index (χ4v) is 1.65. The molecule has 0 aliphatic carbocycles. The van der Waals surface area contributed by atoms with E-state index >= 15 is 0 Å². The number of amides is 2. The number of carbonyl (C=O) groups excluding carboxylic acids is 2. The Morgan fingerprint density at radius 2 is 1.83 bits per heavy atom.